The molecule has 5 heteroatoms. The Morgan fingerprint density at radius 1 is 1.73 bits per heavy atom. The van der Waals surface area contributed by atoms with Gasteiger partial charge >= 0.3 is 0 Å². The van der Waals surface area contributed by atoms with Crippen molar-refractivity contribution in [2.75, 3.05) is 13.3 Å². The largest absolute Gasteiger partial charge is 0.334 e. The highest BCUT2D eigenvalue weighted by atomic mass is 35.5. The first-order valence-corrected chi connectivity index (χ1v) is 5.04. The average molecular weight is 211 g/mol. The van der Waals surface area contributed by atoms with Crippen LogP contribution in [0.2, 0.25) is 0 Å². The van der Waals surface area contributed by atoms with Crippen molar-refractivity contribution in [3.05, 3.63) is 10.1 Å². The van der Waals surface area contributed by atoms with Crippen LogP contribution in [0.5, 0.6) is 0 Å². The smallest absolute Gasteiger partial charge is 0.197 e. The molecule has 11 heavy (non-hydrogen) atoms. The number of halogens is 2. The van der Waals surface area contributed by atoms with Crippen LogP contribution in [0.4, 0.5) is 0 Å². The van der Waals surface area contributed by atoms with Gasteiger partial charge < -0.3 is 4.90 Å². The summed E-state index contributed by atoms with van der Waals surface area (Å²) >= 11 is 13.2. The van der Waals surface area contributed by atoms with E-state index in [1.165, 1.54) is 0 Å². The summed E-state index contributed by atoms with van der Waals surface area (Å²) in [7, 11) is 1.86. The maximum Gasteiger partial charge on any atom is 0.197 e. The molecule has 0 fully saturated rings. The second kappa shape index (κ2) is 3.70. The van der Waals surface area contributed by atoms with E-state index in [1.54, 1.807) is 18.0 Å². The molecule has 0 aromatic heterocycles. The summed E-state index contributed by atoms with van der Waals surface area (Å²) in [4.78, 5) is 5.78. The van der Waals surface area contributed by atoms with Crippen LogP contribution in [0.25, 0.3) is 0 Å². The zero-order valence-electron chi connectivity index (χ0n) is 6.21. The molecule has 62 valence electrons. The molecule has 0 aliphatic carbocycles. The van der Waals surface area contributed by atoms with Crippen LogP contribution in [-0.2, 0) is 0 Å². The van der Waals surface area contributed by atoms with Crippen molar-refractivity contribution in [2.45, 2.75) is 5.62 Å². The number of aliphatic imine (C=N–C) groups is 1. The molecule has 0 amide bonds. The Balaban J connectivity index is 2.89. The fourth-order valence-corrected chi connectivity index (χ4v) is 2.06. The van der Waals surface area contributed by atoms with E-state index in [2.05, 4.69) is 4.99 Å². The standard InChI is InChI=1S/C6H8Cl2N2S/c1-10-5(11-2)4(7)3-9-6(10)8/h3,6H,1-2H3. The lowest BCUT2D eigenvalue weighted by Crippen LogP contribution is -2.27. The molecule has 1 heterocycles. The Morgan fingerprint density at radius 3 is 2.82 bits per heavy atom. The number of hydrogen-bond acceptors (Lipinski definition) is 3. The summed E-state index contributed by atoms with van der Waals surface area (Å²) in [6, 6.07) is 0. The predicted octanol–water partition coefficient (Wildman–Crippen LogP) is 2.30. The van der Waals surface area contributed by atoms with Gasteiger partial charge in [0.1, 0.15) is 0 Å². The third-order valence-electron chi connectivity index (χ3n) is 1.35. The quantitative estimate of drug-likeness (QED) is 0.488. The summed E-state index contributed by atoms with van der Waals surface area (Å²) in [5.74, 6) is 0. The number of thioether (sulfide) groups is 1. The maximum absolute atomic E-state index is 5.85. The minimum atomic E-state index is -0.319. The molecule has 0 aromatic carbocycles. The van der Waals surface area contributed by atoms with Gasteiger partial charge in [-0.3, -0.25) is 4.99 Å². The van der Waals surface area contributed by atoms with E-state index >= 15 is 0 Å². The van der Waals surface area contributed by atoms with E-state index in [1.807, 2.05) is 18.2 Å². The minimum Gasteiger partial charge on any atom is -0.334 e. The highest BCUT2D eigenvalue weighted by molar-refractivity contribution is 8.02. The van der Waals surface area contributed by atoms with E-state index in [-0.39, 0.29) is 5.62 Å². The fourth-order valence-electron chi connectivity index (χ4n) is 0.789. The van der Waals surface area contributed by atoms with Gasteiger partial charge in [0.05, 0.1) is 10.1 Å². The molecule has 1 aliphatic rings. The molecule has 0 saturated carbocycles. The van der Waals surface area contributed by atoms with Gasteiger partial charge in [0.25, 0.3) is 0 Å². The molecule has 1 rings (SSSR count). The maximum atomic E-state index is 5.85. The van der Waals surface area contributed by atoms with Crippen molar-refractivity contribution in [1.82, 2.24) is 4.90 Å². The zero-order chi connectivity index (χ0) is 8.43. The molecule has 2 nitrogen and oxygen atoms in total. The normalized spacial score (nSPS) is 24.7. The number of alkyl halides is 1. The van der Waals surface area contributed by atoms with Gasteiger partial charge in [0.15, 0.2) is 5.62 Å². The second-order valence-corrected chi connectivity index (χ2v) is 3.65. The predicted molar refractivity (Wildman–Crippen MR) is 52.3 cm³/mol. The van der Waals surface area contributed by atoms with Gasteiger partial charge in [0.2, 0.25) is 0 Å². The van der Waals surface area contributed by atoms with Crippen molar-refractivity contribution >= 4 is 41.2 Å². The number of hydrogen-bond donors (Lipinski definition) is 0. The number of allylic oxidation sites excluding steroid dienone is 1. The zero-order valence-corrected chi connectivity index (χ0v) is 8.54. The lowest BCUT2D eigenvalue weighted by Gasteiger charge is -2.26. The molecule has 0 aromatic rings. The molecular weight excluding hydrogens is 203 g/mol. The Bertz CT molecular complexity index is 215. The van der Waals surface area contributed by atoms with Crippen molar-refractivity contribution in [2.24, 2.45) is 4.99 Å². The van der Waals surface area contributed by atoms with Gasteiger partial charge in [-0.15, -0.1) is 11.8 Å². The Morgan fingerprint density at radius 2 is 2.36 bits per heavy atom. The summed E-state index contributed by atoms with van der Waals surface area (Å²) in [5.41, 5.74) is -0.319. The molecule has 1 atom stereocenters. The fraction of sp³-hybridized carbons (Fsp3) is 0.500. The SMILES string of the molecule is CSC1=C(Cl)C=NC(Cl)N1C. The van der Waals surface area contributed by atoms with Crippen LogP contribution in [0.1, 0.15) is 0 Å². The molecular formula is C6H8Cl2N2S. The first-order chi connectivity index (χ1) is 5.16. The Labute approximate surface area is 80.3 Å². The lowest BCUT2D eigenvalue weighted by atomic mass is 10.5. The van der Waals surface area contributed by atoms with E-state index < -0.39 is 0 Å². The first-order valence-electron chi connectivity index (χ1n) is 3.00. The van der Waals surface area contributed by atoms with E-state index in [9.17, 15) is 0 Å². The molecule has 0 bridgehead atoms. The molecule has 0 saturated heterocycles. The molecule has 0 radical (unpaired) electrons. The summed E-state index contributed by atoms with van der Waals surface area (Å²) in [6.45, 7) is 0. The van der Waals surface area contributed by atoms with E-state index in [0.717, 1.165) is 5.03 Å². The first kappa shape index (κ1) is 9.23. The Hall–Kier alpha value is 0.140. The summed E-state index contributed by atoms with van der Waals surface area (Å²) in [6.07, 6.45) is 3.54. The molecule has 1 unspecified atom stereocenters. The third kappa shape index (κ3) is 1.83. The molecule has 0 N–H and O–H groups in total. The van der Waals surface area contributed by atoms with Gasteiger partial charge in [-0.2, -0.15) is 0 Å². The van der Waals surface area contributed by atoms with Crippen LogP contribution in [-0.4, -0.2) is 30.0 Å². The van der Waals surface area contributed by atoms with Crippen molar-refractivity contribution in [1.29, 1.82) is 0 Å². The number of rotatable bonds is 1. The van der Waals surface area contributed by atoms with Crippen molar-refractivity contribution < 1.29 is 0 Å². The topological polar surface area (TPSA) is 15.6 Å². The average Bonchev–Trinajstić information content (AvgIpc) is 1.99. The van der Waals surface area contributed by atoms with E-state index in [4.69, 9.17) is 23.2 Å². The monoisotopic (exact) mass is 210 g/mol. The minimum absolute atomic E-state index is 0.319. The van der Waals surface area contributed by atoms with Gasteiger partial charge in [-0.05, 0) is 6.26 Å². The summed E-state index contributed by atoms with van der Waals surface area (Å²) < 4.78 is 0. The van der Waals surface area contributed by atoms with Crippen molar-refractivity contribution in [3.8, 4) is 0 Å². The van der Waals surface area contributed by atoms with Crippen LogP contribution < -0.4 is 0 Å². The van der Waals surface area contributed by atoms with Crippen LogP contribution in [0.15, 0.2) is 15.1 Å². The van der Waals surface area contributed by atoms with E-state index in [0.29, 0.717) is 5.03 Å². The third-order valence-corrected chi connectivity index (χ3v) is 3.04. The highest BCUT2D eigenvalue weighted by Crippen LogP contribution is 2.28. The lowest BCUT2D eigenvalue weighted by molar-refractivity contribution is 0.417. The molecule has 0 spiro atoms. The van der Waals surface area contributed by atoms with Crippen LogP contribution >= 0.6 is 35.0 Å². The van der Waals surface area contributed by atoms with Crippen molar-refractivity contribution in [3.63, 3.8) is 0 Å². The van der Waals surface area contributed by atoms with Crippen LogP contribution in [0.3, 0.4) is 0 Å². The highest BCUT2D eigenvalue weighted by Gasteiger charge is 2.18. The van der Waals surface area contributed by atoms with Gasteiger partial charge in [-0.25, -0.2) is 0 Å². The summed E-state index contributed by atoms with van der Waals surface area (Å²) in [5, 5.41) is 1.61. The number of nitrogens with zero attached hydrogens (tertiary/aromatic N) is 2. The van der Waals surface area contributed by atoms with Gasteiger partial charge in [-0.1, -0.05) is 23.2 Å². The van der Waals surface area contributed by atoms with Crippen LogP contribution in [0, 0.1) is 0 Å². The van der Waals surface area contributed by atoms with Gasteiger partial charge in [0, 0.05) is 13.3 Å². The Kier molecular flexibility index (Phi) is 3.10. The molecule has 1 aliphatic heterocycles. The second-order valence-electron chi connectivity index (χ2n) is 2.06.